The predicted octanol–water partition coefficient (Wildman–Crippen LogP) is 2.80. The van der Waals surface area contributed by atoms with Crippen LogP contribution < -0.4 is 0 Å². The molecule has 0 aromatic heterocycles. The van der Waals surface area contributed by atoms with Gasteiger partial charge in [-0.1, -0.05) is 60.7 Å². The highest BCUT2D eigenvalue weighted by Gasteiger charge is 2.52. The molecule has 158 valence electrons. The van der Waals surface area contributed by atoms with Crippen molar-refractivity contribution in [1.82, 2.24) is 9.80 Å². The van der Waals surface area contributed by atoms with E-state index in [1.54, 1.807) is 0 Å². The topological polar surface area (TPSA) is 49.9 Å². The fourth-order valence-corrected chi connectivity index (χ4v) is 5.13. The fraction of sp³-hybridized carbons (Fsp3) is 0.440. The van der Waals surface area contributed by atoms with Crippen molar-refractivity contribution in [3.8, 4) is 0 Å². The number of nitrogens with zero attached hydrogens (tertiary/aromatic N) is 2. The van der Waals surface area contributed by atoms with Gasteiger partial charge in [-0.15, -0.1) is 0 Å². The Morgan fingerprint density at radius 3 is 2.30 bits per heavy atom. The third-order valence-corrected chi connectivity index (χ3v) is 6.72. The Morgan fingerprint density at radius 1 is 0.967 bits per heavy atom. The Labute approximate surface area is 178 Å². The summed E-state index contributed by atoms with van der Waals surface area (Å²) in [5, 5.41) is 0. The molecular weight excluding hydrogens is 376 g/mol. The van der Waals surface area contributed by atoms with Crippen LogP contribution in [0.25, 0.3) is 0 Å². The highest BCUT2D eigenvalue weighted by atomic mass is 16.5. The van der Waals surface area contributed by atoms with Gasteiger partial charge in [-0.25, -0.2) is 0 Å². The fourth-order valence-electron chi connectivity index (χ4n) is 5.13. The van der Waals surface area contributed by atoms with Crippen LogP contribution in [0, 0.1) is 11.3 Å². The first-order valence-corrected chi connectivity index (χ1v) is 10.7. The summed E-state index contributed by atoms with van der Waals surface area (Å²) in [4.78, 5) is 29.1. The van der Waals surface area contributed by atoms with Crippen molar-refractivity contribution in [3.63, 3.8) is 0 Å². The number of aryl methyl sites for hydroxylation is 1. The molecule has 2 aliphatic rings. The highest BCUT2D eigenvalue weighted by Crippen LogP contribution is 2.46. The minimum atomic E-state index is -0.190. The molecule has 0 radical (unpaired) electrons. The molecule has 5 heteroatoms. The van der Waals surface area contributed by atoms with E-state index >= 15 is 0 Å². The summed E-state index contributed by atoms with van der Waals surface area (Å²) >= 11 is 0. The molecule has 2 saturated heterocycles. The van der Waals surface area contributed by atoms with Crippen LogP contribution >= 0.6 is 0 Å². The first-order chi connectivity index (χ1) is 14.6. The van der Waals surface area contributed by atoms with Crippen molar-refractivity contribution in [2.24, 2.45) is 11.3 Å². The number of likely N-dealkylation sites (tertiary alicyclic amines) is 2. The number of benzene rings is 2. The van der Waals surface area contributed by atoms with E-state index in [0.29, 0.717) is 18.9 Å². The van der Waals surface area contributed by atoms with Crippen molar-refractivity contribution in [1.29, 1.82) is 0 Å². The number of esters is 1. The van der Waals surface area contributed by atoms with Gasteiger partial charge in [0.2, 0.25) is 5.91 Å². The second-order valence-corrected chi connectivity index (χ2v) is 8.73. The van der Waals surface area contributed by atoms with E-state index in [9.17, 15) is 9.59 Å². The summed E-state index contributed by atoms with van der Waals surface area (Å²) in [5.41, 5.74) is 2.42. The number of hydrogen-bond donors (Lipinski definition) is 0. The van der Waals surface area contributed by atoms with Crippen LogP contribution in [0.2, 0.25) is 0 Å². The lowest BCUT2D eigenvalue weighted by Gasteiger charge is -2.29. The number of rotatable bonds is 7. The van der Waals surface area contributed by atoms with Crippen LogP contribution in [-0.4, -0.2) is 61.5 Å². The number of ether oxygens (including phenoxy) is 1. The number of carbonyl (C=O) groups is 2. The molecule has 0 unspecified atom stereocenters. The maximum Gasteiger partial charge on any atom is 0.319 e. The van der Waals surface area contributed by atoms with Gasteiger partial charge in [0, 0.05) is 31.6 Å². The standard InChI is InChI=1S/C25H30N2O3/c1-30-24(29)17-26-15-22-16-27(23(28)14-21-10-6-3-7-11-21)19-25(22,18-26)13-12-20-8-4-2-5-9-20/h2-11,22H,12-19H2,1H3/t22-,25+/m0/s1. The Morgan fingerprint density at radius 2 is 1.63 bits per heavy atom. The summed E-state index contributed by atoms with van der Waals surface area (Å²) in [6.07, 6.45) is 2.47. The van der Waals surface area contributed by atoms with E-state index in [2.05, 4.69) is 34.1 Å². The van der Waals surface area contributed by atoms with Crippen molar-refractivity contribution >= 4 is 11.9 Å². The number of methoxy groups -OCH3 is 1. The third-order valence-electron chi connectivity index (χ3n) is 6.72. The van der Waals surface area contributed by atoms with Crippen molar-refractivity contribution in [2.45, 2.75) is 19.3 Å². The molecule has 2 atom stereocenters. The lowest BCUT2D eigenvalue weighted by molar-refractivity contribution is -0.142. The number of fused-ring (bicyclic) bond motifs is 1. The second kappa shape index (κ2) is 9.00. The van der Waals surface area contributed by atoms with Crippen LogP contribution in [0.1, 0.15) is 17.5 Å². The van der Waals surface area contributed by atoms with Gasteiger partial charge in [-0.05, 0) is 29.9 Å². The second-order valence-electron chi connectivity index (χ2n) is 8.73. The Bertz CT molecular complexity index is 870. The quantitative estimate of drug-likeness (QED) is 0.664. The smallest absolute Gasteiger partial charge is 0.319 e. The predicted molar refractivity (Wildman–Crippen MR) is 116 cm³/mol. The zero-order valence-corrected chi connectivity index (χ0v) is 17.6. The Kier molecular flexibility index (Phi) is 6.18. The van der Waals surface area contributed by atoms with Crippen LogP contribution in [-0.2, 0) is 27.2 Å². The van der Waals surface area contributed by atoms with E-state index in [1.807, 2.05) is 36.4 Å². The minimum Gasteiger partial charge on any atom is -0.468 e. The van der Waals surface area contributed by atoms with E-state index in [-0.39, 0.29) is 17.3 Å². The van der Waals surface area contributed by atoms with Crippen molar-refractivity contribution < 1.29 is 14.3 Å². The number of hydrogen-bond acceptors (Lipinski definition) is 4. The average molecular weight is 407 g/mol. The maximum atomic E-state index is 13.0. The molecule has 2 aromatic carbocycles. The first-order valence-electron chi connectivity index (χ1n) is 10.7. The van der Waals surface area contributed by atoms with E-state index in [4.69, 9.17) is 4.74 Å². The SMILES string of the molecule is COC(=O)CN1C[C@H]2CN(C(=O)Cc3ccccc3)C[C@@]2(CCc2ccccc2)C1. The summed E-state index contributed by atoms with van der Waals surface area (Å²) in [7, 11) is 1.44. The zero-order valence-electron chi connectivity index (χ0n) is 17.6. The molecule has 0 spiro atoms. The summed E-state index contributed by atoms with van der Waals surface area (Å²) in [6.45, 7) is 3.57. The molecule has 0 saturated carbocycles. The summed E-state index contributed by atoms with van der Waals surface area (Å²) < 4.78 is 4.88. The molecule has 2 heterocycles. The summed E-state index contributed by atoms with van der Waals surface area (Å²) in [5.74, 6) is 0.407. The van der Waals surface area contributed by atoms with Gasteiger partial charge in [0.05, 0.1) is 20.1 Å². The van der Waals surface area contributed by atoms with Gasteiger partial charge < -0.3 is 9.64 Å². The molecular formula is C25H30N2O3. The lowest BCUT2D eigenvalue weighted by atomic mass is 9.76. The molecule has 2 aromatic rings. The van der Waals surface area contributed by atoms with Crippen LogP contribution in [0.5, 0.6) is 0 Å². The van der Waals surface area contributed by atoms with E-state index in [0.717, 1.165) is 44.6 Å². The normalized spacial score (nSPS) is 23.4. The zero-order chi connectivity index (χ0) is 21.0. The number of amides is 1. The molecule has 0 N–H and O–H groups in total. The lowest BCUT2D eigenvalue weighted by Crippen LogP contribution is -2.39. The van der Waals surface area contributed by atoms with Gasteiger partial charge in [0.25, 0.3) is 0 Å². The molecule has 0 bridgehead atoms. The number of carbonyl (C=O) groups excluding carboxylic acids is 2. The molecule has 2 fully saturated rings. The molecule has 1 amide bonds. The van der Waals surface area contributed by atoms with Crippen molar-refractivity contribution in [3.05, 3.63) is 71.8 Å². The molecule has 4 rings (SSSR count). The van der Waals surface area contributed by atoms with E-state index < -0.39 is 0 Å². The van der Waals surface area contributed by atoms with Crippen LogP contribution in [0.15, 0.2) is 60.7 Å². The molecule has 30 heavy (non-hydrogen) atoms. The highest BCUT2D eigenvalue weighted by molar-refractivity contribution is 5.79. The van der Waals surface area contributed by atoms with Crippen LogP contribution in [0.3, 0.4) is 0 Å². The largest absolute Gasteiger partial charge is 0.468 e. The van der Waals surface area contributed by atoms with Gasteiger partial charge in [0.1, 0.15) is 0 Å². The van der Waals surface area contributed by atoms with Crippen LogP contribution in [0.4, 0.5) is 0 Å². The van der Waals surface area contributed by atoms with Gasteiger partial charge in [-0.3, -0.25) is 14.5 Å². The summed E-state index contributed by atoms with van der Waals surface area (Å²) in [6, 6.07) is 20.5. The van der Waals surface area contributed by atoms with Gasteiger partial charge in [-0.2, -0.15) is 0 Å². The Balaban J connectivity index is 1.46. The Hall–Kier alpha value is -2.66. The molecule has 2 aliphatic heterocycles. The molecule has 5 nitrogen and oxygen atoms in total. The van der Waals surface area contributed by atoms with Gasteiger partial charge >= 0.3 is 5.97 Å². The van der Waals surface area contributed by atoms with E-state index in [1.165, 1.54) is 12.7 Å². The van der Waals surface area contributed by atoms with Crippen molar-refractivity contribution in [2.75, 3.05) is 39.8 Å². The molecule has 0 aliphatic carbocycles. The monoisotopic (exact) mass is 406 g/mol. The van der Waals surface area contributed by atoms with Gasteiger partial charge in [0.15, 0.2) is 0 Å². The average Bonchev–Trinajstić information content (AvgIpc) is 3.27. The first kappa shape index (κ1) is 20.6. The maximum absolute atomic E-state index is 13.0. The minimum absolute atomic E-state index is 0.0379. The third kappa shape index (κ3) is 4.57.